The zero-order valence-electron chi connectivity index (χ0n) is 10.7. The van der Waals surface area contributed by atoms with Crippen LogP contribution in [0, 0.1) is 5.92 Å². The summed E-state index contributed by atoms with van der Waals surface area (Å²) in [6.07, 6.45) is 0.385. The summed E-state index contributed by atoms with van der Waals surface area (Å²) in [6.45, 7) is 0. The van der Waals surface area contributed by atoms with Crippen molar-refractivity contribution in [1.29, 1.82) is 0 Å². The van der Waals surface area contributed by atoms with Crippen LogP contribution in [-0.4, -0.2) is 34.2 Å². The Hall–Kier alpha value is -0.680. The lowest BCUT2D eigenvalue weighted by atomic mass is 10.1. The minimum Gasteiger partial charge on any atom is -0.278 e. The Morgan fingerprint density at radius 2 is 2.14 bits per heavy atom. The van der Waals surface area contributed by atoms with Gasteiger partial charge in [0, 0.05) is 6.42 Å². The van der Waals surface area contributed by atoms with Crippen LogP contribution in [0.3, 0.4) is 0 Å². The molecule has 1 aliphatic rings. The van der Waals surface area contributed by atoms with E-state index in [0.29, 0.717) is 10.8 Å². The van der Waals surface area contributed by atoms with Gasteiger partial charge in [-0.3, -0.25) is 10.2 Å². The zero-order chi connectivity index (χ0) is 15.7. The Labute approximate surface area is 131 Å². The molecule has 1 aromatic heterocycles. The molecule has 0 saturated carbocycles. The molecule has 2 N–H and O–H groups in total. The number of hydrogen-bond donors (Lipinski definition) is 2. The number of rotatable bonds is 5. The minimum atomic E-state index is -3.86. The van der Waals surface area contributed by atoms with Gasteiger partial charge in [0.15, 0.2) is 9.84 Å². The van der Waals surface area contributed by atoms with Crippen molar-refractivity contribution in [2.45, 2.75) is 17.1 Å². The second-order valence-corrected chi connectivity index (χ2v) is 10.5. The molecule has 0 aliphatic carbocycles. The molecule has 2 rings (SSSR count). The highest BCUT2D eigenvalue weighted by atomic mass is 35.5. The highest BCUT2D eigenvalue weighted by Crippen LogP contribution is 2.25. The van der Waals surface area contributed by atoms with Crippen molar-refractivity contribution in [3.05, 3.63) is 16.5 Å². The molecule has 0 unspecified atom stereocenters. The van der Waals surface area contributed by atoms with E-state index in [1.165, 1.54) is 12.1 Å². The molecule has 118 valence electrons. The van der Waals surface area contributed by atoms with Gasteiger partial charge in [-0.15, -0.1) is 16.2 Å². The molecule has 1 aliphatic heterocycles. The molecule has 1 atom stereocenters. The third-order valence-electron chi connectivity index (χ3n) is 2.94. The highest BCUT2D eigenvalue weighted by Gasteiger charge is 2.29. The van der Waals surface area contributed by atoms with E-state index in [1.54, 1.807) is 0 Å². The first-order chi connectivity index (χ1) is 9.68. The van der Waals surface area contributed by atoms with Crippen molar-refractivity contribution in [1.82, 2.24) is 10.3 Å². The third kappa shape index (κ3) is 4.65. The van der Waals surface area contributed by atoms with Gasteiger partial charge in [-0.25, -0.2) is 16.8 Å². The number of hydrazine groups is 1. The lowest BCUT2D eigenvalue weighted by molar-refractivity contribution is -0.122. The fourth-order valence-electron chi connectivity index (χ4n) is 1.96. The Morgan fingerprint density at radius 1 is 1.43 bits per heavy atom. The van der Waals surface area contributed by atoms with Gasteiger partial charge in [-0.2, -0.15) is 0 Å². The Morgan fingerprint density at radius 3 is 2.67 bits per heavy atom. The first kappa shape index (κ1) is 16.7. The fourth-order valence-corrected chi connectivity index (χ4v) is 6.17. The van der Waals surface area contributed by atoms with Crippen molar-refractivity contribution in [3.8, 4) is 0 Å². The SMILES string of the molecule is O=C(C[C@@H]1CCS(=O)(=O)C1)NNS(=O)(=O)c1ccc(Cl)s1. The number of halogens is 1. The van der Waals surface area contributed by atoms with Gasteiger partial charge in [-0.05, 0) is 24.5 Å². The van der Waals surface area contributed by atoms with Crippen molar-refractivity contribution in [2.24, 2.45) is 5.92 Å². The van der Waals surface area contributed by atoms with E-state index in [-0.39, 0.29) is 28.1 Å². The summed E-state index contributed by atoms with van der Waals surface area (Å²) in [6, 6.07) is 2.76. The molecule has 1 aromatic rings. The van der Waals surface area contributed by atoms with E-state index in [4.69, 9.17) is 11.6 Å². The van der Waals surface area contributed by atoms with Crippen LogP contribution in [0.4, 0.5) is 0 Å². The monoisotopic (exact) mass is 372 g/mol. The van der Waals surface area contributed by atoms with Gasteiger partial charge in [0.05, 0.1) is 15.8 Å². The maximum absolute atomic E-state index is 11.8. The predicted molar refractivity (Wildman–Crippen MR) is 79.2 cm³/mol. The lowest BCUT2D eigenvalue weighted by Crippen LogP contribution is -2.41. The number of thiophene rings is 1. The molecule has 1 saturated heterocycles. The smallest absolute Gasteiger partial charge is 0.266 e. The van der Waals surface area contributed by atoms with Gasteiger partial charge < -0.3 is 0 Å². The second-order valence-electron chi connectivity index (χ2n) is 4.69. The molecule has 0 radical (unpaired) electrons. The highest BCUT2D eigenvalue weighted by molar-refractivity contribution is 7.91. The predicted octanol–water partition coefficient (Wildman–Crippen LogP) is 0.536. The molecular formula is C10H13ClN2O5S3. The summed E-state index contributed by atoms with van der Waals surface area (Å²) in [5.74, 6) is -0.794. The summed E-state index contributed by atoms with van der Waals surface area (Å²) in [5, 5.41) is 0. The normalized spacial score (nSPS) is 21.3. The number of sulfonamides is 1. The maximum atomic E-state index is 11.8. The quantitative estimate of drug-likeness (QED) is 0.733. The summed E-state index contributed by atoms with van der Waals surface area (Å²) in [4.78, 5) is 13.6. The molecule has 7 nitrogen and oxygen atoms in total. The number of carbonyl (C=O) groups is 1. The molecule has 2 heterocycles. The van der Waals surface area contributed by atoms with Crippen molar-refractivity contribution in [3.63, 3.8) is 0 Å². The van der Waals surface area contributed by atoms with E-state index < -0.39 is 25.8 Å². The second kappa shape index (κ2) is 6.21. The maximum Gasteiger partial charge on any atom is 0.266 e. The molecule has 0 aromatic carbocycles. The number of amides is 1. The first-order valence-electron chi connectivity index (χ1n) is 5.94. The Kier molecular flexibility index (Phi) is 4.93. The van der Waals surface area contributed by atoms with Crippen molar-refractivity contribution < 1.29 is 21.6 Å². The van der Waals surface area contributed by atoms with Gasteiger partial charge in [-0.1, -0.05) is 11.6 Å². The molecule has 11 heteroatoms. The van der Waals surface area contributed by atoms with Gasteiger partial charge in [0.1, 0.15) is 4.21 Å². The molecule has 1 fully saturated rings. The molecule has 0 spiro atoms. The van der Waals surface area contributed by atoms with Crippen LogP contribution in [0.1, 0.15) is 12.8 Å². The summed E-state index contributed by atoms with van der Waals surface area (Å²) in [5.41, 5.74) is 2.08. The number of sulfone groups is 1. The summed E-state index contributed by atoms with van der Waals surface area (Å²) < 4.78 is 46.5. The van der Waals surface area contributed by atoms with Crippen LogP contribution in [-0.2, 0) is 24.7 Å². The molecule has 21 heavy (non-hydrogen) atoms. The van der Waals surface area contributed by atoms with Crippen LogP contribution in [0.15, 0.2) is 16.3 Å². The standard InChI is InChI=1S/C10H13ClN2O5S3/c11-8-1-2-10(19-8)21(17,18)13-12-9(14)5-7-3-4-20(15,16)6-7/h1-2,7,13H,3-6H2,(H,12,14)/t7-/m0/s1. The average Bonchev–Trinajstić information content (AvgIpc) is 2.94. The number of carbonyl (C=O) groups excluding carboxylic acids is 1. The summed E-state index contributed by atoms with van der Waals surface area (Å²) in [7, 11) is -6.91. The fraction of sp³-hybridized carbons (Fsp3) is 0.500. The van der Waals surface area contributed by atoms with Crippen LogP contribution < -0.4 is 10.3 Å². The minimum absolute atomic E-state index is 0.0174. The van der Waals surface area contributed by atoms with Gasteiger partial charge in [0.25, 0.3) is 10.0 Å². The molecule has 1 amide bonds. The van der Waals surface area contributed by atoms with Crippen molar-refractivity contribution in [2.75, 3.05) is 11.5 Å². The lowest BCUT2D eigenvalue weighted by Gasteiger charge is -2.09. The number of nitrogens with one attached hydrogen (secondary N) is 2. The number of hydrogen-bond acceptors (Lipinski definition) is 6. The van der Waals surface area contributed by atoms with E-state index in [1.807, 2.05) is 4.83 Å². The summed E-state index contributed by atoms with van der Waals surface area (Å²) >= 11 is 6.51. The average molecular weight is 373 g/mol. The first-order valence-corrected chi connectivity index (χ1v) is 10.4. The zero-order valence-corrected chi connectivity index (χ0v) is 13.9. The topological polar surface area (TPSA) is 109 Å². The van der Waals surface area contributed by atoms with Crippen LogP contribution in [0.25, 0.3) is 0 Å². The van der Waals surface area contributed by atoms with E-state index >= 15 is 0 Å². The van der Waals surface area contributed by atoms with Gasteiger partial charge in [0.2, 0.25) is 5.91 Å². The molecular weight excluding hydrogens is 360 g/mol. The van der Waals surface area contributed by atoms with E-state index in [9.17, 15) is 21.6 Å². The van der Waals surface area contributed by atoms with Crippen LogP contribution in [0.2, 0.25) is 4.34 Å². The van der Waals surface area contributed by atoms with Crippen molar-refractivity contribution >= 4 is 48.7 Å². The largest absolute Gasteiger partial charge is 0.278 e. The molecule has 0 bridgehead atoms. The Balaban J connectivity index is 1.87. The Bertz CT molecular complexity index is 740. The third-order valence-corrected chi connectivity index (χ3v) is 7.75. The van der Waals surface area contributed by atoms with Crippen LogP contribution in [0.5, 0.6) is 0 Å². The van der Waals surface area contributed by atoms with E-state index in [2.05, 4.69) is 5.43 Å². The van der Waals surface area contributed by atoms with Crippen LogP contribution >= 0.6 is 22.9 Å². The van der Waals surface area contributed by atoms with E-state index in [0.717, 1.165) is 11.3 Å². The van der Waals surface area contributed by atoms with Gasteiger partial charge >= 0.3 is 0 Å².